The second kappa shape index (κ2) is 63.9. The summed E-state index contributed by atoms with van der Waals surface area (Å²) in [5.74, 6) is -0.211. The Balaban J connectivity index is 4.14. The van der Waals surface area contributed by atoms with Gasteiger partial charge in [-0.1, -0.05) is 317 Å². The van der Waals surface area contributed by atoms with Crippen molar-refractivity contribution in [3.8, 4) is 0 Å². The minimum atomic E-state index is -4.62. The molecule has 482 valence electrons. The van der Waals surface area contributed by atoms with Crippen LogP contribution in [0.3, 0.4) is 0 Å². The highest BCUT2D eigenvalue weighted by atomic mass is 31.2. The number of allylic oxidation sites excluding steroid dienone is 15. The zero-order valence-electron chi connectivity index (χ0n) is 55.1. The number of unbranched alkanes of at least 4 members (excludes halogenated alkanes) is 37. The highest BCUT2D eigenvalue weighted by Gasteiger charge is 2.23. The number of hydrogen-bond donors (Lipinski definition) is 2. The average molecular weight is 1180 g/mol. The van der Waals surface area contributed by atoms with Gasteiger partial charge in [-0.2, -0.15) is 0 Å². The molecule has 3 atom stereocenters. The highest BCUT2D eigenvalue weighted by molar-refractivity contribution is 7.45. The molecule has 0 aliphatic rings. The summed E-state index contributed by atoms with van der Waals surface area (Å²) >= 11 is 0. The molecular formula is C74H135N2O6P. The summed E-state index contributed by atoms with van der Waals surface area (Å²) in [6.45, 7) is 4.54. The smallest absolute Gasteiger partial charge is 0.268 e. The van der Waals surface area contributed by atoms with Crippen LogP contribution < -0.4 is 10.2 Å². The molecule has 0 aromatic rings. The minimum absolute atomic E-state index is 0.0120. The number of aliphatic hydroxyl groups is 1. The fourth-order valence-electron chi connectivity index (χ4n) is 10.1. The topological polar surface area (TPSA) is 108 Å². The third-order valence-electron chi connectivity index (χ3n) is 15.5. The van der Waals surface area contributed by atoms with Crippen molar-refractivity contribution < 1.29 is 32.9 Å². The fraction of sp³-hybridized carbons (Fsp3) is 0.770. The van der Waals surface area contributed by atoms with Gasteiger partial charge in [0, 0.05) is 6.42 Å². The predicted octanol–water partition coefficient (Wildman–Crippen LogP) is 21.9. The predicted molar refractivity (Wildman–Crippen MR) is 362 cm³/mol. The number of amides is 1. The Bertz CT molecular complexity index is 1670. The SMILES string of the molecule is CC/C=C\C/C=C\C/C=C\C/C=C\C/C=C\CCCCCCCCCCCCCCCCCC(=O)NC(COP(=O)([O-])OCC[N+](C)(C)C)C(O)/C=C/CC/C=C/CC/C=C/CCCCCCCCCCCCCCCCCCCCCC. The number of phosphoric ester groups is 1. The lowest BCUT2D eigenvalue weighted by Crippen LogP contribution is -2.45. The van der Waals surface area contributed by atoms with Crippen LogP contribution in [0.4, 0.5) is 0 Å². The van der Waals surface area contributed by atoms with E-state index in [1.807, 2.05) is 27.2 Å². The first kappa shape index (κ1) is 80.4. The van der Waals surface area contributed by atoms with Gasteiger partial charge in [0.1, 0.15) is 13.2 Å². The molecule has 83 heavy (non-hydrogen) atoms. The van der Waals surface area contributed by atoms with Crippen LogP contribution in [-0.2, 0) is 18.4 Å². The molecule has 2 N–H and O–H groups in total. The van der Waals surface area contributed by atoms with Crippen molar-refractivity contribution >= 4 is 13.7 Å². The molecule has 9 heteroatoms. The van der Waals surface area contributed by atoms with Crippen LogP contribution in [0.25, 0.3) is 0 Å². The number of nitrogens with zero attached hydrogens (tertiary/aromatic N) is 1. The van der Waals surface area contributed by atoms with E-state index in [1.54, 1.807) is 6.08 Å². The lowest BCUT2D eigenvalue weighted by molar-refractivity contribution is -0.870. The standard InChI is InChI=1S/C74H135N2O6P/c1-6-8-10-12-14-16-18-20-22-24-26-28-30-32-34-36-38-40-42-44-46-48-50-52-54-56-58-60-62-64-66-68-74(78)75-72(71-82-83(79,80)81-70-69-76(3,4)5)73(77)67-65-63-61-59-57-55-53-51-49-47-45-43-41-39-37-35-33-31-29-27-25-23-21-19-17-15-13-11-9-7-2/h8,10,14,16,20,22,26,28,32,34,49,51,57,59,65,67,72-73,77H,6-7,9,11-13,15,17-19,21,23-25,27,29-31,33,35-48,50,52-56,58,60-64,66,68-71H2,1-5H3,(H-,75,78,79,80)/b10-8-,16-14-,22-20-,28-26-,34-32-,51-49+,59-57+,67-65+. The molecule has 0 saturated heterocycles. The van der Waals surface area contributed by atoms with Crippen LogP contribution in [0.1, 0.15) is 316 Å². The maximum Gasteiger partial charge on any atom is 0.268 e. The molecule has 0 aromatic heterocycles. The van der Waals surface area contributed by atoms with Crippen LogP contribution in [0.15, 0.2) is 97.2 Å². The summed E-state index contributed by atoms with van der Waals surface area (Å²) in [4.78, 5) is 25.6. The molecule has 0 aromatic carbocycles. The molecule has 0 rings (SSSR count). The molecular weight excluding hydrogens is 1040 g/mol. The first-order valence-corrected chi connectivity index (χ1v) is 36.6. The first-order chi connectivity index (χ1) is 40.5. The number of carbonyl (C=O) groups is 1. The number of hydrogen-bond acceptors (Lipinski definition) is 6. The number of rotatable bonds is 64. The van der Waals surface area contributed by atoms with E-state index in [2.05, 4.69) is 104 Å². The van der Waals surface area contributed by atoms with E-state index in [1.165, 1.54) is 218 Å². The largest absolute Gasteiger partial charge is 0.756 e. The van der Waals surface area contributed by atoms with Crippen molar-refractivity contribution in [2.24, 2.45) is 0 Å². The third kappa shape index (κ3) is 66.8. The Hall–Kier alpha value is -2.58. The van der Waals surface area contributed by atoms with Gasteiger partial charge in [0.05, 0.1) is 39.9 Å². The van der Waals surface area contributed by atoms with Crippen LogP contribution in [0.2, 0.25) is 0 Å². The fourth-order valence-corrected chi connectivity index (χ4v) is 10.8. The van der Waals surface area contributed by atoms with E-state index in [0.29, 0.717) is 17.4 Å². The second-order valence-electron chi connectivity index (χ2n) is 24.8. The number of quaternary nitrogens is 1. The molecule has 8 nitrogen and oxygen atoms in total. The van der Waals surface area contributed by atoms with E-state index in [4.69, 9.17) is 9.05 Å². The van der Waals surface area contributed by atoms with Gasteiger partial charge in [-0.15, -0.1) is 0 Å². The molecule has 0 bridgehead atoms. The van der Waals surface area contributed by atoms with Gasteiger partial charge in [0.25, 0.3) is 7.82 Å². The molecule has 0 aliphatic carbocycles. The summed E-state index contributed by atoms with van der Waals surface area (Å²) in [7, 11) is 1.23. The quantitative estimate of drug-likeness (QED) is 0.0272. The van der Waals surface area contributed by atoms with Crippen molar-refractivity contribution in [3.05, 3.63) is 97.2 Å². The van der Waals surface area contributed by atoms with Crippen molar-refractivity contribution in [3.63, 3.8) is 0 Å². The number of nitrogens with one attached hydrogen (secondary N) is 1. The summed E-state index contributed by atoms with van der Waals surface area (Å²) in [6.07, 6.45) is 92.5. The van der Waals surface area contributed by atoms with E-state index >= 15 is 0 Å². The van der Waals surface area contributed by atoms with Gasteiger partial charge >= 0.3 is 0 Å². The third-order valence-corrected chi connectivity index (χ3v) is 16.5. The van der Waals surface area contributed by atoms with Crippen LogP contribution in [0.5, 0.6) is 0 Å². The zero-order valence-corrected chi connectivity index (χ0v) is 56.0. The lowest BCUT2D eigenvalue weighted by atomic mass is 10.0. The first-order valence-electron chi connectivity index (χ1n) is 35.1. The Kier molecular flexibility index (Phi) is 61.9. The summed E-state index contributed by atoms with van der Waals surface area (Å²) in [6, 6.07) is -0.917. The highest BCUT2D eigenvalue weighted by Crippen LogP contribution is 2.38. The zero-order chi connectivity index (χ0) is 60.5. The van der Waals surface area contributed by atoms with Gasteiger partial charge < -0.3 is 28.8 Å². The maximum atomic E-state index is 13.0. The van der Waals surface area contributed by atoms with Crippen molar-refractivity contribution in [1.29, 1.82) is 0 Å². The second-order valence-corrected chi connectivity index (χ2v) is 26.2. The van der Waals surface area contributed by atoms with Gasteiger partial charge in [0.2, 0.25) is 5.91 Å². The molecule has 0 saturated carbocycles. The van der Waals surface area contributed by atoms with E-state index in [0.717, 1.165) is 77.0 Å². The summed E-state index contributed by atoms with van der Waals surface area (Å²) in [5, 5.41) is 13.9. The Morgan fingerprint density at radius 1 is 0.434 bits per heavy atom. The molecule has 0 heterocycles. The number of carbonyl (C=O) groups excluding carboxylic acids is 1. The van der Waals surface area contributed by atoms with Crippen molar-refractivity contribution in [1.82, 2.24) is 5.32 Å². The van der Waals surface area contributed by atoms with E-state index < -0.39 is 26.6 Å². The molecule has 0 fully saturated rings. The Labute approximate surface area is 515 Å². The van der Waals surface area contributed by atoms with Crippen molar-refractivity contribution in [2.75, 3.05) is 40.9 Å². The Morgan fingerprint density at radius 3 is 1.12 bits per heavy atom. The van der Waals surface area contributed by atoms with Crippen LogP contribution in [-0.4, -0.2) is 68.5 Å². The molecule has 0 spiro atoms. The number of phosphoric acid groups is 1. The monoisotopic (exact) mass is 1180 g/mol. The van der Waals surface area contributed by atoms with Gasteiger partial charge in [-0.25, -0.2) is 0 Å². The minimum Gasteiger partial charge on any atom is -0.756 e. The molecule has 0 aliphatic heterocycles. The molecule has 1 amide bonds. The molecule has 0 radical (unpaired) electrons. The number of aliphatic hydroxyl groups excluding tert-OH is 1. The van der Waals surface area contributed by atoms with Gasteiger partial charge in [-0.05, 0) is 89.9 Å². The summed E-state index contributed by atoms with van der Waals surface area (Å²) in [5.41, 5.74) is 0. The number of likely N-dealkylation sites (N-methyl/N-ethyl adjacent to an activating group) is 1. The molecule has 3 unspecified atom stereocenters. The lowest BCUT2D eigenvalue weighted by Gasteiger charge is -2.29. The van der Waals surface area contributed by atoms with Gasteiger partial charge in [0.15, 0.2) is 0 Å². The average Bonchev–Trinajstić information content (AvgIpc) is 3.49. The normalized spacial score (nSPS) is 14.3. The summed E-state index contributed by atoms with van der Waals surface area (Å²) < 4.78 is 23.4. The van der Waals surface area contributed by atoms with E-state index in [-0.39, 0.29) is 12.5 Å². The Morgan fingerprint density at radius 2 is 0.747 bits per heavy atom. The van der Waals surface area contributed by atoms with E-state index in [9.17, 15) is 19.4 Å². The van der Waals surface area contributed by atoms with Crippen molar-refractivity contribution in [2.45, 2.75) is 328 Å². The van der Waals surface area contributed by atoms with Crippen LogP contribution >= 0.6 is 7.82 Å². The van der Waals surface area contributed by atoms with Gasteiger partial charge in [-0.3, -0.25) is 9.36 Å². The maximum absolute atomic E-state index is 13.0. The van der Waals surface area contributed by atoms with Crippen LogP contribution in [0, 0.1) is 0 Å².